The first-order valence-electron chi connectivity index (χ1n) is 6.81. The summed E-state index contributed by atoms with van der Waals surface area (Å²) in [5, 5.41) is 12.4. The van der Waals surface area contributed by atoms with Crippen molar-refractivity contribution in [1.82, 2.24) is 10.2 Å². The van der Waals surface area contributed by atoms with Crippen molar-refractivity contribution in [3.8, 4) is 0 Å². The van der Waals surface area contributed by atoms with E-state index in [1.165, 1.54) is 6.42 Å². The van der Waals surface area contributed by atoms with Gasteiger partial charge in [0.2, 0.25) is 5.91 Å². The number of likely N-dealkylation sites (tertiary alicyclic amines) is 1. The van der Waals surface area contributed by atoms with Crippen molar-refractivity contribution in [1.29, 1.82) is 0 Å². The first-order valence-corrected chi connectivity index (χ1v) is 6.81. The van der Waals surface area contributed by atoms with E-state index in [0.29, 0.717) is 0 Å². The molecule has 1 fully saturated rings. The number of rotatable bonds is 6. The van der Waals surface area contributed by atoms with Gasteiger partial charge in [0.05, 0.1) is 12.1 Å². The zero-order chi connectivity index (χ0) is 12.7. The number of hydrogen-bond acceptors (Lipinski definition) is 3. The van der Waals surface area contributed by atoms with E-state index in [0.717, 1.165) is 45.3 Å². The molecule has 17 heavy (non-hydrogen) atoms. The van der Waals surface area contributed by atoms with Crippen LogP contribution in [0.4, 0.5) is 0 Å². The Balaban J connectivity index is 2.17. The Kier molecular flexibility index (Phi) is 6.52. The first-order chi connectivity index (χ1) is 8.11. The second-order valence-corrected chi connectivity index (χ2v) is 5.05. The van der Waals surface area contributed by atoms with Crippen molar-refractivity contribution in [2.45, 2.75) is 58.1 Å². The van der Waals surface area contributed by atoms with Gasteiger partial charge in [0, 0.05) is 13.1 Å². The largest absolute Gasteiger partial charge is 0.393 e. The Labute approximate surface area is 104 Å². The van der Waals surface area contributed by atoms with Gasteiger partial charge in [-0.3, -0.25) is 4.79 Å². The fourth-order valence-corrected chi connectivity index (χ4v) is 2.19. The number of hydrogen-bond donors (Lipinski definition) is 2. The average molecular weight is 242 g/mol. The van der Waals surface area contributed by atoms with Crippen LogP contribution in [0, 0.1) is 0 Å². The number of piperidine rings is 1. The number of carbonyl (C=O) groups is 1. The molecule has 2 N–H and O–H groups in total. The molecule has 1 amide bonds. The van der Waals surface area contributed by atoms with Crippen molar-refractivity contribution < 1.29 is 9.90 Å². The number of carbonyl (C=O) groups excluding carboxylic acids is 1. The summed E-state index contributed by atoms with van der Waals surface area (Å²) in [6.07, 6.45) is 4.98. The summed E-state index contributed by atoms with van der Waals surface area (Å²) in [5.74, 6) is 0.224. The van der Waals surface area contributed by atoms with Crippen LogP contribution in [-0.4, -0.2) is 47.7 Å². The highest BCUT2D eigenvalue weighted by molar-refractivity contribution is 5.81. The standard InChI is InChI=1S/C13H26N2O2/c1-11(16)7-6-8-14-12(2)13(17)15-9-4-3-5-10-15/h11-12,14,16H,3-10H2,1-2H3. The zero-order valence-electron chi connectivity index (χ0n) is 11.1. The second kappa shape index (κ2) is 7.67. The van der Waals surface area contributed by atoms with E-state index in [1.807, 2.05) is 11.8 Å². The third kappa shape index (κ3) is 5.50. The molecule has 0 aromatic heterocycles. The van der Waals surface area contributed by atoms with E-state index < -0.39 is 0 Å². The molecule has 1 aliphatic heterocycles. The number of amides is 1. The smallest absolute Gasteiger partial charge is 0.239 e. The van der Waals surface area contributed by atoms with Crippen LogP contribution in [0.1, 0.15) is 46.0 Å². The predicted octanol–water partition coefficient (Wildman–Crippen LogP) is 1.14. The molecular formula is C13H26N2O2. The van der Waals surface area contributed by atoms with Gasteiger partial charge in [0.15, 0.2) is 0 Å². The quantitative estimate of drug-likeness (QED) is 0.687. The third-order valence-electron chi connectivity index (χ3n) is 3.29. The highest BCUT2D eigenvalue weighted by Gasteiger charge is 2.21. The summed E-state index contributed by atoms with van der Waals surface area (Å²) in [4.78, 5) is 14.0. The van der Waals surface area contributed by atoms with Crippen molar-refractivity contribution in [3.05, 3.63) is 0 Å². The van der Waals surface area contributed by atoms with E-state index in [9.17, 15) is 4.79 Å². The van der Waals surface area contributed by atoms with Gasteiger partial charge in [-0.25, -0.2) is 0 Å². The SMILES string of the molecule is CC(O)CCCNC(C)C(=O)N1CCCCC1. The minimum absolute atomic E-state index is 0.0953. The van der Waals surface area contributed by atoms with Crippen molar-refractivity contribution in [3.63, 3.8) is 0 Å². The third-order valence-corrected chi connectivity index (χ3v) is 3.29. The molecule has 1 heterocycles. The summed E-state index contributed by atoms with van der Waals surface area (Å²) in [6.45, 7) is 6.35. The highest BCUT2D eigenvalue weighted by Crippen LogP contribution is 2.09. The van der Waals surface area contributed by atoms with Gasteiger partial charge in [-0.15, -0.1) is 0 Å². The minimum atomic E-state index is -0.245. The second-order valence-electron chi connectivity index (χ2n) is 5.05. The van der Waals surface area contributed by atoms with Crippen molar-refractivity contribution in [2.75, 3.05) is 19.6 Å². The molecule has 0 bridgehead atoms. The van der Waals surface area contributed by atoms with Gasteiger partial charge in [-0.1, -0.05) is 0 Å². The van der Waals surface area contributed by atoms with Gasteiger partial charge in [0.25, 0.3) is 0 Å². The van der Waals surface area contributed by atoms with E-state index in [4.69, 9.17) is 5.11 Å². The predicted molar refractivity (Wildman–Crippen MR) is 68.8 cm³/mol. The summed E-state index contributed by atoms with van der Waals surface area (Å²) in [5.41, 5.74) is 0. The van der Waals surface area contributed by atoms with E-state index in [1.54, 1.807) is 6.92 Å². The van der Waals surface area contributed by atoms with Crippen LogP contribution >= 0.6 is 0 Å². The fourth-order valence-electron chi connectivity index (χ4n) is 2.19. The van der Waals surface area contributed by atoms with Crippen LogP contribution in [0.3, 0.4) is 0 Å². The monoisotopic (exact) mass is 242 g/mol. The maximum atomic E-state index is 12.0. The number of nitrogens with zero attached hydrogens (tertiary/aromatic N) is 1. The summed E-state index contributed by atoms with van der Waals surface area (Å²) >= 11 is 0. The molecule has 4 nitrogen and oxygen atoms in total. The molecule has 2 unspecified atom stereocenters. The van der Waals surface area contributed by atoms with Gasteiger partial charge in [0.1, 0.15) is 0 Å². The molecule has 0 aromatic carbocycles. The Morgan fingerprint density at radius 2 is 1.94 bits per heavy atom. The Morgan fingerprint density at radius 3 is 2.53 bits per heavy atom. The molecule has 0 saturated carbocycles. The summed E-state index contributed by atoms with van der Waals surface area (Å²) < 4.78 is 0. The highest BCUT2D eigenvalue weighted by atomic mass is 16.3. The molecule has 0 radical (unpaired) electrons. The lowest BCUT2D eigenvalue weighted by Crippen LogP contribution is -2.47. The van der Waals surface area contributed by atoms with Crippen molar-refractivity contribution in [2.24, 2.45) is 0 Å². The fraction of sp³-hybridized carbons (Fsp3) is 0.923. The molecule has 0 aromatic rings. The molecule has 0 spiro atoms. The van der Waals surface area contributed by atoms with Crippen molar-refractivity contribution >= 4 is 5.91 Å². The topological polar surface area (TPSA) is 52.6 Å². The normalized spacial score (nSPS) is 20.1. The molecule has 1 aliphatic rings. The van der Waals surface area contributed by atoms with Gasteiger partial charge >= 0.3 is 0 Å². The molecule has 0 aliphatic carbocycles. The number of nitrogens with one attached hydrogen (secondary N) is 1. The van der Waals surface area contributed by atoms with E-state index in [2.05, 4.69) is 5.32 Å². The summed E-state index contributed by atoms with van der Waals surface area (Å²) in [7, 11) is 0. The van der Waals surface area contributed by atoms with Gasteiger partial charge in [-0.05, 0) is 52.5 Å². The lowest BCUT2D eigenvalue weighted by molar-refractivity contribution is -0.133. The Morgan fingerprint density at radius 1 is 1.29 bits per heavy atom. The number of aliphatic hydroxyl groups excluding tert-OH is 1. The first kappa shape index (κ1) is 14.5. The molecule has 2 atom stereocenters. The van der Waals surface area contributed by atoms with E-state index in [-0.39, 0.29) is 18.1 Å². The van der Waals surface area contributed by atoms with Crippen LogP contribution in [-0.2, 0) is 4.79 Å². The molecule has 100 valence electrons. The van der Waals surface area contributed by atoms with Crippen LogP contribution in [0.25, 0.3) is 0 Å². The Hall–Kier alpha value is -0.610. The average Bonchev–Trinajstić information content (AvgIpc) is 2.34. The molecule has 1 rings (SSSR count). The lowest BCUT2D eigenvalue weighted by Gasteiger charge is -2.29. The summed E-state index contributed by atoms with van der Waals surface area (Å²) in [6, 6.07) is -0.0953. The molecule has 1 saturated heterocycles. The molecular weight excluding hydrogens is 216 g/mol. The zero-order valence-corrected chi connectivity index (χ0v) is 11.1. The van der Waals surface area contributed by atoms with Gasteiger partial charge < -0.3 is 15.3 Å². The maximum Gasteiger partial charge on any atom is 0.239 e. The number of aliphatic hydroxyl groups is 1. The Bertz CT molecular complexity index is 225. The minimum Gasteiger partial charge on any atom is -0.393 e. The lowest BCUT2D eigenvalue weighted by atomic mass is 10.1. The van der Waals surface area contributed by atoms with Crippen LogP contribution in [0.15, 0.2) is 0 Å². The van der Waals surface area contributed by atoms with Crippen LogP contribution < -0.4 is 5.32 Å². The van der Waals surface area contributed by atoms with Gasteiger partial charge in [-0.2, -0.15) is 0 Å². The van der Waals surface area contributed by atoms with Crippen LogP contribution in [0.2, 0.25) is 0 Å². The van der Waals surface area contributed by atoms with E-state index >= 15 is 0 Å². The molecule has 4 heteroatoms. The van der Waals surface area contributed by atoms with Crippen LogP contribution in [0.5, 0.6) is 0 Å². The maximum absolute atomic E-state index is 12.0.